The highest BCUT2D eigenvalue weighted by Gasteiger charge is 2.29. The second-order valence-electron chi connectivity index (χ2n) is 8.66. The molecular formula is C25H25ClN4O3S. The number of pyridine rings is 1. The van der Waals surface area contributed by atoms with Gasteiger partial charge >= 0.3 is 0 Å². The van der Waals surface area contributed by atoms with Crippen molar-refractivity contribution in [2.45, 2.75) is 25.0 Å². The number of sulfonamides is 1. The summed E-state index contributed by atoms with van der Waals surface area (Å²) in [5.74, 6) is 0.461. The number of aromatic hydroxyl groups is 1. The summed E-state index contributed by atoms with van der Waals surface area (Å²) >= 11 is 5.99. The molecule has 4 aromatic rings. The molecule has 34 heavy (non-hydrogen) atoms. The van der Waals surface area contributed by atoms with Gasteiger partial charge in [-0.3, -0.25) is 4.98 Å². The van der Waals surface area contributed by atoms with Crippen molar-refractivity contribution < 1.29 is 13.5 Å². The molecule has 4 rings (SSSR count). The summed E-state index contributed by atoms with van der Waals surface area (Å²) in [4.78, 5) is 12.3. The first kappa shape index (κ1) is 23.9. The van der Waals surface area contributed by atoms with E-state index in [-0.39, 0.29) is 23.1 Å². The van der Waals surface area contributed by atoms with E-state index < -0.39 is 15.4 Å². The summed E-state index contributed by atoms with van der Waals surface area (Å²) in [5.41, 5.74) is 2.96. The third-order valence-corrected chi connectivity index (χ3v) is 7.08. The molecule has 2 heterocycles. The van der Waals surface area contributed by atoms with E-state index in [4.69, 9.17) is 16.6 Å². The standard InChI is InChI=1S/C25H25ClN4O3S/c1-25(2,16-28-34(32,33)15-17-6-4-3-5-7-17)24-29-22(18-10-12-27-13-11-18)23(30-24)19-8-9-20(26)21(31)14-19/h3-14,28,31H,15-16H2,1-2H3,(H,29,30). The SMILES string of the molecule is CC(C)(CNS(=O)(=O)Cc1ccccc1)c1nc(-c2ccc(Cl)c(O)c2)c(-c2ccncc2)[nH]1. The van der Waals surface area contributed by atoms with E-state index >= 15 is 0 Å². The predicted molar refractivity (Wildman–Crippen MR) is 134 cm³/mol. The van der Waals surface area contributed by atoms with E-state index in [0.29, 0.717) is 17.1 Å². The molecule has 2 aromatic carbocycles. The first-order valence-corrected chi connectivity index (χ1v) is 12.7. The maximum Gasteiger partial charge on any atom is 0.215 e. The fourth-order valence-corrected chi connectivity index (χ4v) is 4.94. The molecule has 0 amide bonds. The van der Waals surface area contributed by atoms with Crippen molar-refractivity contribution >= 4 is 21.6 Å². The summed E-state index contributed by atoms with van der Waals surface area (Å²) in [7, 11) is -3.54. The van der Waals surface area contributed by atoms with Gasteiger partial charge in [-0.05, 0) is 29.8 Å². The second kappa shape index (κ2) is 9.58. The lowest BCUT2D eigenvalue weighted by atomic mass is 9.93. The number of H-pyrrole nitrogens is 1. The lowest BCUT2D eigenvalue weighted by molar-refractivity contribution is 0.475. The van der Waals surface area contributed by atoms with E-state index in [1.54, 1.807) is 42.7 Å². The Morgan fingerprint density at radius 1 is 1.03 bits per heavy atom. The van der Waals surface area contributed by atoms with Crippen molar-refractivity contribution in [2.24, 2.45) is 0 Å². The minimum absolute atomic E-state index is 0.0441. The first-order chi connectivity index (χ1) is 16.1. The number of hydrogen-bond acceptors (Lipinski definition) is 5. The minimum Gasteiger partial charge on any atom is -0.506 e. The predicted octanol–water partition coefficient (Wildman–Crippen LogP) is 4.89. The smallest absolute Gasteiger partial charge is 0.215 e. The van der Waals surface area contributed by atoms with E-state index in [1.165, 1.54) is 0 Å². The van der Waals surface area contributed by atoms with Crippen molar-refractivity contribution in [1.82, 2.24) is 19.7 Å². The molecule has 0 fully saturated rings. The van der Waals surface area contributed by atoms with E-state index in [0.717, 1.165) is 16.8 Å². The van der Waals surface area contributed by atoms with Gasteiger partial charge in [0.1, 0.15) is 11.6 Å². The fourth-order valence-electron chi connectivity index (χ4n) is 3.51. The highest BCUT2D eigenvalue weighted by atomic mass is 35.5. The minimum atomic E-state index is -3.54. The molecule has 7 nitrogen and oxygen atoms in total. The zero-order valence-electron chi connectivity index (χ0n) is 18.8. The summed E-state index contributed by atoms with van der Waals surface area (Å²) in [6.45, 7) is 3.98. The highest BCUT2D eigenvalue weighted by Crippen LogP contribution is 2.36. The molecule has 0 atom stereocenters. The molecule has 0 aliphatic rings. The van der Waals surface area contributed by atoms with Crippen LogP contribution in [0.2, 0.25) is 5.02 Å². The maximum absolute atomic E-state index is 12.7. The third-order valence-electron chi connectivity index (χ3n) is 5.47. The molecule has 9 heteroatoms. The van der Waals surface area contributed by atoms with Gasteiger partial charge in [0.05, 0.1) is 22.2 Å². The van der Waals surface area contributed by atoms with Gasteiger partial charge in [0.15, 0.2) is 0 Å². The number of nitrogens with zero attached hydrogens (tertiary/aromatic N) is 2. The van der Waals surface area contributed by atoms with Gasteiger partial charge in [-0.1, -0.05) is 61.8 Å². The molecule has 0 spiro atoms. The first-order valence-electron chi connectivity index (χ1n) is 10.7. The molecule has 3 N–H and O–H groups in total. The van der Waals surface area contributed by atoms with Crippen LogP contribution in [0.5, 0.6) is 5.75 Å². The number of aromatic nitrogens is 3. The highest BCUT2D eigenvalue weighted by molar-refractivity contribution is 7.88. The number of halogens is 1. The molecule has 176 valence electrons. The Morgan fingerprint density at radius 2 is 1.74 bits per heavy atom. The number of hydrogen-bond donors (Lipinski definition) is 3. The fraction of sp³-hybridized carbons (Fsp3) is 0.200. The Kier molecular flexibility index (Phi) is 6.74. The van der Waals surface area contributed by atoms with Crippen LogP contribution in [0.1, 0.15) is 25.2 Å². The van der Waals surface area contributed by atoms with Crippen molar-refractivity contribution in [3.63, 3.8) is 0 Å². The Balaban J connectivity index is 1.65. The number of phenols is 1. The van der Waals surface area contributed by atoms with Crippen LogP contribution in [-0.2, 0) is 21.2 Å². The number of aromatic amines is 1. The van der Waals surface area contributed by atoms with Crippen molar-refractivity contribution in [3.8, 4) is 28.3 Å². The number of rotatable bonds is 8. The molecule has 0 saturated heterocycles. The van der Waals surface area contributed by atoms with Crippen LogP contribution >= 0.6 is 11.6 Å². The van der Waals surface area contributed by atoms with E-state index in [2.05, 4.69) is 14.7 Å². The molecule has 0 aliphatic heterocycles. The molecule has 0 saturated carbocycles. The topological polar surface area (TPSA) is 108 Å². The van der Waals surface area contributed by atoms with Crippen LogP contribution in [0.25, 0.3) is 22.5 Å². The molecule has 0 unspecified atom stereocenters. The third kappa shape index (κ3) is 5.47. The zero-order valence-corrected chi connectivity index (χ0v) is 20.4. The van der Waals surface area contributed by atoms with Crippen LogP contribution < -0.4 is 4.72 Å². The lowest BCUT2D eigenvalue weighted by Gasteiger charge is -2.22. The van der Waals surface area contributed by atoms with Gasteiger partial charge in [-0.2, -0.15) is 0 Å². The number of nitrogens with one attached hydrogen (secondary N) is 2. The Hall–Kier alpha value is -3.20. The average Bonchev–Trinajstić information content (AvgIpc) is 3.27. The molecule has 0 aliphatic carbocycles. The monoisotopic (exact) mass is 496 g/mol. The number of phenolic OH excluding ortho intramolecular Hbond substituents is 1. The normalized spacial score (nSPS) is 12.1. The van der Waals surface area contributed by atoms with Crippen molar-refractivity contribution in [3.05, 3.63) is 89.5 Å². The summed E-state index contributed by atoms with van der Waals surface area (Å²) in [6.07, 6.45) is 3.36. The second-order valence-corrected chi connectivity index (χ2v) is 10.9. The Labute approximate surface area is 203 Å². The largest absolute Gasteiger partial charge is 0.506 e. The molecular weight excluding hydrogens is 472 g/mol. The van der Waals surface area contributed by atoms with Crippen LogP contribution in [0, 0.1) is 0 Å². The quantitative estimate of drug-likeness (QED) is 0.321. The van der Waals surface area contributed by atoms with Crippen LogP contribution in [0.3, 0.4) is 0 Å². The zero-order chi connectivity index (χ0) is 24.3. The van der Waals surface area contributed by atoms with Crippen LogP contribution in [0.4, 0.5) is 0 Å². The Morgan fingerprint density at radius 3 is 2.41 bits per heavy atom. The van der Waals surface area contributed by atoms with E-state index in [9.17, 15) is 13.5 Å². The van der Waals surface area contributed by atoms with Gasteiger partial charge in [0, 0.05) is 35.5 Å². The van der Waals surface area contributed by atoms with Crippen molar-refractivity contribution in [2.75, 3.05) is 6.54 Å². The van der Waals surface area contributed by atoms with Gasteiger partial charge in [-0.25, -0.2) is 18.1 Å². The molecule has 2 aromatic heterocycles. The molecule has 0 bridgehead atoms. The van der Waals surface area contributed by atoms with Crippen molar-refractivity contribution in [1.29, 1.82) is 0 Å². The Bertz CT molecular complexity index is 1390. The number of benzene rings is 2. The summed E-state index contributed by atoms with van der Waals surface area (Å²) in [6, 6.07) is 17.7. The number of imidazole rings is 1. The van der Waals surface area contributed by atoms with E-state index in [1.807, 2.05) is 44.2 Å². The van der Waals surface area contributed by atoms with Gasteiger partial charge in [0.2, 0.25) is 10.0 Å². The van der Waals surface area contributed by atoms with Gasteiger partial charge in [-0.15, -0.1) is 0 Å². The molecule has 0 radical (unpaired) electrons. The van der Waals surface area contributed by atoms with Crippen LogP contribution in [0.15, 0.2) is 73.1 Å². The maximum atomic E-state index is 12.7. The van der Waals surface area contributed by atoms with Crippen LogP contribution in [-0.4, -0.2) is 35.0 Å². The lowest BCUT2D eigenvalue weighted by Crippen LogP contribution is -2.38. The van der Waals surface area contributed by atoms with Gasteiger partial charge < -0.3 is 10.1 Å². The summed E-state index contributed by atoms with van der Waals surface area (Å²) < 4.78 is 28.1. The van der Waals surface area contributed by atoms with Gasteiger partial charge in [0.25, 0.3) is 0 Å². The average molecular weight is 497 g/mol. The summed E-state index contributed by atoms with van der Waals surface area (Å²) in [5, 5.41) is 10.4.